The summed E-state index contributed by atoms with van der Waals surface area (Å²) in [5.41, 5.74) is 2.22. The predicted octanol–water partition coefficient (Wildman–Crippen LogP) is 10.5. The van der Waals surface area contributed by atoms with E-state index in [2.05, 4.69) is 29.7 Å². The van der Waals surface area contributed by atoms with E-state index in [1.54, 1.807) is 0 Å². The third-order valence-electron chi connectivity index (χ3n) is 7.16. The van der Waals surface area contributed by atoms with Gasteiger partial charge in [-0.15, -0.1) is 0 Å². The van der Waals surface area contributed by atoms with Crippen molar-refractivity contribution in [2.45, 2.75) is 123 Å². The van der Waals surface area contributed by atoms with Gasteiger partial charge in [0.2, 0.25) is 0 Å². The second kappa shape index (κ2) is 17.5. The molecule has 0 fully saturated rings. The fourth-order valence-corrected chi connectivity index (χ4v) is 5.20. The Morgan fingerprint density at radius 1 is 0.667 bits per heavy atom. The topological polar surface area (TPSA) is 27.1 Å². The van der Waals surface area contributed by atoms with E-state index >= 15 is 0 Å². The van der Waals surface area contributed by atoms with Crippen LogP contribution in [-0.2, 0) is 13.2 Å². The second-order valence-electron chi connectivity index (χ2n) is 10.2. The van der Waals surface area contributed by atoms with Crippen LogP contribution in [0.3, 0.4) is 0 Å². The van der Waals surface area contributed by atoms with Gasteiger partial charge in [0.15, 0.2) is 0 Å². The maximum Gasteiger partial charge on any atom is 0.147 e. The Morgan fingerprint density at radius 2 is 1.19 bits per heavy atom. The van der Waals surface area contributed by atoms with Crippen LogP contribution in [0.1, 0.15) is 115 Å². The molecule has 0 radical (unpaired) electrons. The molecule has 3 aromatic rings. The molecule has 0 aliphatic rings. The Bertz CT molecular complexity index is 983. The lowest BCUT2D eigenvalue weighted by atomic mass is 10.0. The minimum atomic E-state index is 0.428. The normalized spacial score (nSPS) is 11.4. The number of benzene rings is 2. The minimum Gasteiger partial charge on any atom is -0.484 e. The maximum absolute atomic E-state index is 6.27. The Hall–Kier alpha value is -2.00. The fourth-order valence-electron chi connectivity index (χ4n) is 5.01. The van der Waals surface area contributed by atoms with E-state index in [-0.39, 0.29) is 0 Å². The van der Waals surface area contributed by atoms with Crippen LogP contribution >= 0.6 is 11.6 Å². The SMILES string of the molecule is CCCCCCCCCCCCCCCCCCn1c(COc2ccccc2Cl)nc2ccccc21. The molecular weight excluding hydrogens is 464 g/mol. The first kappa shape index (κ1) is 28.6. The third-order valence-corrected chi connectivity index (χ3v) is 7.47. The van der Waals surface area contributed by atoms with Gasteiger partial charge in [0, 0.05) is 6.54 Å². The highest BCUT2D eigenvalue weighted by molar-refractivity contribution is 6.32. The predicted molar refractivity (Wildman–Crippen MR) is 155 cm³/mol. The number of imidazole rings is 1. The van der Waals surface area contributed by atoms with Crippen LogP contribution in [0.2, 0.25) is 5.02 Å². The van der Waals surface area contributed by atoms with Crippen LogP contribution in [-0.4, -0.2) is 9.55 Å². The second-order valence-corrected chi connectivity index (χ2v) is 10.6. The number of halogens is 1. The fraction of sp³-hybridized carbons (Fsp3) is 0.594. The lowest BCUT2D eigenvalue weighted by Crippen LogP contribution is -2.08. The molecule has 0 N–H and O–H groups in total. The first-order chi connectivity index (χ1) is 17.8. The van der Waals surface area contributed by atoms with Crippen molar-refractivity contribution in [2.24, 2.45) is 0 Å². The Balaban J connectivity index is 1.28. The van der Waals surface area contributed by atoms with Crippen molar-refractivity contribution in [3.8, 4) is 5.75 Å². The van der Waals surface area contributed by atoms with Crippen molar-refractivity contribution in [2.75, 3.05) is 0 Å². The van der Waals surface area contributed by atoms with E-state index in [4.69, 9.17) is 21.3 Å². The summed E-state index contributed by atoms with van der Waals surface area (Å²) in [6.45, 7) is 3.71. The molecule has 0 saturated heterocycles. The summed E-state index contributed by atoms with van der Waals surface area (Å²) in [5, 5.41) is 0.637. The highest BCUT2D eigenvalue weighted by Gasteiger charge is 2.11. The lowest BCUT2D eigenvalue weighted by Gasteiger charge is -2.11. The van der Waals surface area contributed by atoms with Gasteiger partial charge < -0.3 is 9.30 Å². The number of rotatable bonds is 20. The van der Waals surface area contributed by atoms with E-state index in [0.717, 1.165) is 17.9 Å². The summed E-state index contributed by atoms with van der Waals surface area (Å²) >= 11 is 6.27. The van der Waals surface area contributed by atoms with Crippen LogP contribution in [0, 0.1) is 0 Å². The smallest absolute Gasteiger partial charge is 0.147 e. The maximum atomic E-state index is 6.27. The summed E-state index contributed by atoms with van der Waals surface area (Å²) in [6.07, 6.45) is 22.2. The Labute approximate surface area is 224 Å². The number of aryl methyl sites for hydroxylation is 1. The molecule has 0 saturated carbocycles. The molecule has 0 aliphatic heterocycles. The molecular formula is C32H47ClN2O. The third kappa shape index (κ3) is 10.2. The standard InChI is InChI=1S/C32H47ClN2O/c1-2-3-4-5-6-7-8-9-10-11-12-13-14-15-16-21-26-35-30-24-19-18-23-29(30)34-32(35)27-36-31-25-20-17-22-28(31)33/h17-20,22-25H,2-16,21,26-27H2,1H3. The molecule has 1 heterocycles. The number of hydrogen-bond acceptors (Lipinski definition) is 2. The van der Waals surface area contributed by atoms with Gasteiger partial charge in [-0.1, -0.05) is 139 Å². The number of unbranched alkanes of at least 4 members (excludes halogenated alkanes) is 15. The van der Waals surface area contributed by atoms with Gasteiger partial charge >= 0.3 is 0 Å². The number of fused-ring (bicyclic) bond motifs is 1. The zero-order valence-corrected chi connectivity index (χ0v) is 23.3. The molecule has 2 aromatic carbocycles. The number of nitrogens with zero attached hydrogens (tertiary/aromatic N) is 2. The molecule has 3 nitrogen and oxygen atoms in total. The van der Waals surface area contributed by atoms with Gasteiger partial charge in [0.25, 0.3) is 0 Å². The van der Waals surface area contributed by atoms with Crippen molar-refractivity contribution >= 4 is 22.6 Å². The molecule has 0 unspecified atom stereocenters. The molecule has 1 aromatic heterocycles. The van der Waals surface area contributed by atoms with Crippen LogP contribution in [0.4, 0.5) is 0 Å². The zero-order valence-electron chi connectivity index (χ0n) is 22.5. The largest absolute Gasteiger partial charge is 0.484 e. The van der Waals surface area contributed by atoms with Crippen molar-refractivity contribution in [3.05, 3.63) is 59.4 Å². The van der Waals surface area contributed by atoms with Gasteiger partial charge in [0.05, 0.1) is 16.1 Å². The van der Waals surface area contributed by atoms with Crippen molar-refractivity contribution in [1.82, 2.24) is 9.55 Å². The van der Waals surface area contributed by atoms with Crippen molar-refractivity contribution < 1.29 is 4.74 Å². The molecule has 198 valence electrons. The van der Waals surface area contributed by atoms with Gasteiger partial charge in [0.1, 0.15) is 18.2 Å². The van der Waals surface area contributed by atoms with Gasteiger partial charge in [-0.25, -0.2) is 4.98 Å². The molecule has 3 rings (SSSR count). The summed E-state index contributed by atoms with van der Waals surface area (Å²) in [5.74, 6) is 1.68. The quantitative estimate of drug-likeness (QED) is 0.141. The van der Waals surface area contributed by atoms with Crippen molar-refractivity contribution in [1.29, 1.82) is 0 Å². The van der Waals surface area contributed by atoms with Gasteiger partial charge in [-0.2, -0.15) is 0 Å². The average Bonchev–Trinajstić information content (AvgIpc) is 3.25. The number of ether oxygens (including phenoxy) is 1. The highest BCUT2D eigenvalue weighted by Crippen LogP contribution is 2.25. The van der Waals surface area contributed by atoms with Crippen LogP contribution in [0.5, 0.6) is 5.75 Å². The molecule has 36 heavy (non-hydrogen) atoms. The highest BCUT2D eigenvalue weighted by atomic mass is 35.5. The van der Waals surface area contributed by atoms with E-state index in [1.807, 2.05) is 30.3 Å². The van der Waals surface area contributed by atoms with Crippen LogP contribution in [0.15, 0.2) is 48.5 Å². The molecule has 0 amide bonds. The number of para-hydroxylation sites is 3. The molecule has 4 heteroatoms. The molecule has 0 spiro atoms. The minimum absolute atomic E-state index is 0.428. The summed E-state index contributed by atoms with van der Waals surface area (Å²) in [7, 11) is 0. The summed E-state index contributed by atoms with van der Waals surface area (Å²) in [6, 6.07) is 16.0. The number of aromatic nitrogens is 2. The molecule has 0 atom stereocenters. The van der Waals surface area contributed by atoms with Crippen LogP contribution < -0.4 is 4.74 Å². The number of hydrogen-bond donors (Lipinski definition) is 0. The van der Waals surface area contributed by atoms with Crippen LogP contribution in [0.25, 0.3) is 11.0 Å². The summed E-state index contributed by atoms with van der Waals surface area (Å²) < 4.78 is 8.34. The first-order valence-corrected chi connectivity index (χ1v) is 15.0. The molecule has 0 aliphatic carbocycles. The Morgan fingerprint density at radius 3 is 1.81 bits per heavy atom. The van der Waals surface area contributed by atoms with Gasteiger partial charge in [-0.3, -0.25) is 0 Å². The van der Waals surface area contributed by atoms with E-state index < -0.39 is 0 Å². The monoisotopic (exact) mass is 510 g/mol. The Kier molecular flexibility index (Phi) is 13.9. The van der Waals surface area contributed by atoms with Crippen molar-refractivity contribution in [3.63, 3.8) is 0 Å². The van der Waals surface area contributed by atoms with E-state index in [1.165, 1.54) is 108 Å². The lowest BCUT2D eigenvalue weighted by molar-refractivity contribution is 0.289. The zero-order chi connectivity index (χ0) is 25.3. The molecule has 0 bridgehead atoms. The van der Waals surface area contributed by atoms with E-state index in [0.29, 0.717) is 17.4 Å². The van der Waals surface area contributed by atoms with Gasteiger partial charge in [-0.05, 0) is 30.7 Å². The first-order valence-electron chi connectivity index (χ1n) is 14.6. The van der Waals surface area contributed by atoms with E-state index in [9.17, 15) is 0 Å². The average molecular weight is 511 g/mol. The summed E-state index contributed by atoms with van der Waals surface area (Å²) in [4.78, 5) is 4.84.